The van der Waals surface area contributed by atoms with E-state index in [1.807, 2.05) is 87.7 Å². The third-order valence-electron chi connectivity index (χ3n) is 7.62. The Morgan fingerprint density at radius 2 is 1.88 bits per heavy atom. The minimum atomic E-state index is -0.671. The standard InChI is InChI=1S/C33H28N4O3S3/c1-6-40-32(39)27-28(22-11-8-7-9-12-22)35-33-37(29(27)25-13-10-14-41-25)30(38)26(43-33)16-23-15-18(2)36(20(23)4)31-24(17-34)19(3)21(5)42-31/h7-16,29H,6H2,1-5H3/b26-16+/t29-/m0/s1. The average molecular weight is 625 g/mol. The normalized spacial score (nSPS) is 14.9. The first-order valence-electron chi connectivity index (χ1n) is 13.8. The van der Waals surface area contributed by atoms with E-state index in [4.69, 9.17) is 9.73 Å². The lowest BCUT2D eigenvalue weighted by atomic mass is 9.97. The van der Waals surface area contributed by atoms with E-state index in [0.29, 0.717) is 26.2 Å². The van der Waals surface area contributed by atoms with E-state index in [9.17, 15) is 14.9 Å². The molecule has 1 atom stereocenters. The quantitative estimate of drug-likeness (QED) is 0.218. The van der Waals surface area contributed by atoms with Crippen molar-refractivity contribution in [1.29, 1.82) is 5.26 Å². The molecule has 0 amide bonds. The van der Waals surface area contributed by atoms with Gasteiger partial charge in [-0.25, -0.2) is 9.79 Å². The molecule has 1 aromatic carbocycles. The summed E-state index contributed by atoms with van der Waals surface area (Å²) in [6, 6.07) is 17.1. The van der Waals surface area contributed by atoms with Gasteiger partial charge in [-0.2, -0.15) is 5.26 Å². The van der Waals surface area contributed by atoms with Gasteiger partial charge >= 0.3 is 5.97 Å². The van der Waals surface area contributed by atoms with Gasteiger partial charge in [0.1, 0.15) is 17.1 Å². The number of ether oxygens (including phenoxy) is 1. The topological polar surface area (TPSA) is 89.4 Å². The maximum Gasteiger partial charge on any atom is 0.338 e. The second-order valence-electron chi connectivity index (χ2n) is 10.2. The number of aromatic nitrogens is 2. The molecule has 4 aromatic heterocycles. The highest BCUT2D eigenvalue weighted by atomic mass is 32.1. The minimum Gasteiger partial charge on any atom is -0.463 e. The van der Waals surface area contributed by atoms with Crippen LogP contribution >= 0.6 is 34.0 Å². The number of esters is 1. The van der Waals surface area contributed by atoms with Crippen molar-refractivity contribution < 1.29 is 9.53 Å². The van der Waals surface area contributed by atoms with Gasteiger partial charge in [-0.3, -0.25) is 9.36 Å². The van der Waals surface area contributed by atoms with Gasteiger partial charge in [0.05, 0.1) is 28.0 Å². The summed E-state index contributed by atoms with van der Waals surface area (Å²) < 4.78 is 9.75. The van der Waals surface area contributed by atoms with Gasteiger partial charge in [0, 0.05) is 26.7 Å². The number of carbonyl (C=O) groups excluding carboxylic acids is 1. The fourth-order valence-electron chi connectivity index (χ4n) is 5.44. The van der Waals surface area contributed by atoms with Gasteiger partial charge < -0.3 is 9.30 Å². The summed E-state index contributed by atoms with van der Waals surface area (Å²) in [5.74, 6) is -0.490. The number of rotatable bonds is 6. The number of hydrogen-bond acceptors (Lipinski definition) is 8. The molecule has 1 aliphatic rings. The molecule has 0 radical (unpaired) electrons. The Labute approximate surface area is 260 Å². The minimum absolute atomic E-state index is 0.207. The zero-order valence-electron chi connectivity index (χ0n) is 24.3. The van der Waals surface area contributed by atoms with Gasteiger partial charge in [0.15, 0.2) is 4.80 Å². The molecule has 43 heavy (non-hydrogen) atoms. The van der Waals surface area contributed by atoms with Crippen LogP contribution in [0.4, 0.5) is 0 Å². The predicted molar refractivity (Wildman–Crippen MR) is 173 cm³/mol. The maximum atomic E-state index is 14.2. The van der Waals surface area contributed by atoms with Crippen LogP contribution in [0.15, 0.2) is 69.3 Å². The number of nitriles is 1. The molecule has 1 aliphatic heterocycles. The Bertz CT molecular complexity index is 2140. The second kappa shape index (κ2) is 11.4. The highest BCUT2D eigenvalue weighted by molar-refractivity contribution is 7.15. The molecule has 5 aromatic rings. The van der Waals surface area contributed by atoms with Gasteiger partial charge in [-0.05, 0) is 69.3 Å². The molecule has 0 aliphatic carbocycles. The Morgan fingerprint density at radius 1 is 1.12 bits per heavy atom. The molecule has 5 heterocycles. The van der Waals surface area contributed by atoms with Gasteiger partial charge in [0.25, 0.3) is 5.56 Å². The molecule has 0 spiro atoms. The number of thiophene rings is 2. The highest BCUT2D eigenvalue weighted by Crippen LogP contribution is 2.37. The number of aryl methyl sites for hydroxylation is 2. The van der Waals surface area contributed by atoms with Crippen molar-refractivity contribution in [2.75, 3.05) is 6.61 Å². The lowest BCUT2D eigenvalue weighted by Gasteiger charge is -2.24. The van der Waals surface area contributed by atoms with Crippen LogP contribution in [0.1, 0.15) is 56.4 Å². The second-order valence-corrected chi connectivity index (χ2v) is 13.4. The van der Waals surface area contributed by atoms with Crippen molar-refractivity contribution in [2.45, 2.75) is 40.7 Å². The van der Waals surface area contributed by atoms with Crippen molar-refractivity contribution in [3.63, 3.8) is 0 Å². The van der Waals surface area contributed by atoms with Crippen molar-refractivity contribution in [1.82, 2.24) is 9.13 Å². The molecule has 0 N–H and O–H groups in total. The Balaban J connectivity index is 1.59. The highest BCUT2D eigenvalue weighted by Gasteiger charge is 2.35. The first kappa shape index (κ1) is 28.8. The monoisotopic (exact) mass is 624 g/mol. The summed E-state index contributed by atoms with van der Waals surface area (Å²) in [6.45, 7) is 9.98. The lowest BCUT2D eigenvalue weighted by Crippen LogP contribution is -2.39. The van der Waals surface area contributed by atoms with Crippen LogP contribution in [-0.2, 0) is 9.53 Å². The molecule has 6 rings (SSSR count). The third kappa shape index (κ3) is 4.83. The van der Waals surface area contributed by atoms with Crippen LogP contribution in [0.5, 0.6) is 0 Å². The number of fused-ring (bicyclic) bond motifs is 1. The Hall–Kier alpha value is -4.30. The molecule has 0 fully saturated rings. The maximum absolute atomic E-state index is 14.2. The van der Waals surface area contributed by atoms with E-state index < -0.39 is 12.0 Å². The largest absolute Gasteiger partial charge is 0.463 e. The predicted octanol–water partition coefficient (Wildman–Crippen LogP) is 5.95. The van der Waals surface area contributed by atoms with Crippen molar-refractivity contribution >= 4 is 51.8 Å². The van der Waals surface area contributed by atoms with Gasteiger partial charge in [-0.1, -0.05) is 47.7 Å². The van der Waals surface area contributed by atoms with E-state index in [0.717, 1.165) is 42.8 Å². The molecule has 0 bridgehead atoms. The number of nitrogens with zero attached hydrogens (tertiary/aromatic N) is 4. The van der Waals surface area contributed by atoms with E-state index in [-0.39, 0.29) is 12.2 Å². The van der Waals surface area contributed by atoms with Crippen LogP contribution in [0.25, 0.3) is 16.8 Å². The zero-order chi connectivity index (χ0) is 30.4. The summed E-state index contributed by atoms with van der Waals surface area (Å²) >= 11 is 4.39. The summed E-state index contributed by atoms with van der Waals surface area (Å²) in [7, 11) is 0. The van der Waals surface area contributed by atoms with Crippen molar-refractivity contribution in [3.05, 3.63) is 123 Å². The van der Waals surface area contributed by atoms with Gasteiger partial charge in [-0.15, -0.1) is 22.7 Å². The third-order valence-corrected chi connectivity index (χ3v) is 10.7. The summed E-state index contributed by atoms with van der Waals surface area (Å²) in [5.41, 5.74) is 5.88. The van der Waals surface area contributed by atoms with Crippen LogP contribution in [-0.4, -0.2) is 21.7 Å². The molecule has 0 unspecified atom stereocenters. The van der Waals surface area contributed by atoms with Crippen LogP contribution < -0.4 is 14.9 Å². The Kier molecular flexibility index (Phi) is 7.65. The van der Waals surface area contributed by atoms with E-state index in [2.05, 4.69) is 10.6 Å². The van der Waals surface area contributed by atoms with Crippen LogP contribution in [0.2, 0.25) is 0 Å². The first-order chi connectivity index (χ1) is 20.7. The summed E-state index contributed by atoms with van der Waals surface area (Å²) in [4.78, 5) is 35.1. The van der Waals surface area contributed by atoms with E-state index in [1.165, 1.54) is 22.7 Å². The van der Waals surface area contributed by atoms with Crippen LogP contribution in [0.3, 0.4) is 0 Å². The van der Waals surface area contributed by atoms with Crippen molar-refractivity contribution in [2.24, 2.45) is 4.99 Å². The fraction of sp³-hybridized carbons (Fsp3) is 0.212. The number of thiazole rings is 1. The average Bonchev–Trinajstić information content (AvgIpc) is 3.76. The molecule has 0 saturated carbocycles. The summed E-state index contributed by atoms with van der Waals surface area (Å²) in [5, 5.41) is 12.7. The SMILES string of the molecule is CCOC(=O)C1=C(c2ccccc2)N=c2s/c(=C/c3cc(C)n(-c4sc(C)c(C)c4C#N)c3C)c(=O)n2[C@H]1c1cccs1. The number of hydrogen-bond donors (Lipinski definition) is 0. The summed E-state index contributed by atoms with van der Waals surface area (Å²) in [6.07, 6.45) is 1.89. The smallest absolute Gasteiger partial charge is 0.338 e. The molecule has 10 heteroatoms. The molecular weight excluding hydrogens is 597 g/mol. The lowest BCUT2D eigenvalue weighted by molar-refractivity contribution is -0.138. The number of carbonyl (C=O) groups is 1. The van der Waals surface area contributed by atoms with E-state index in [1.54, 1.807) is 22.8 Å². The molecule has 0 saturated heterocycles. The van der Waals surface area contributed by atoms with Crippen LogP contribution in [0, 0.1) is 39.0 Å². The van der Waals surface area contributed by atoms with E-state index >= 15 is 0 Å². The van der Waals surface area contributed by atoms with Gasteiger partial charge in [0.2, 0.25) is 0 Å². The fourth-order valence-corrected chi connectivity index (χ4v) is 8.48. The molecule has 7 nitrogen and oxygen atoms in total. The Morgan fingerprint density at radius 3 is 2.56 bits per heavy atom. The van der Waals surface area contributed by atoms with Crippen molar-refractivity contribution in [3.8, 4) is 11.1 Å². The number of benzene rings is 1. The zero-order valence-corrected chi connectivity index (χ0v) is 26.7. The molecular formula is C33H28N4O3S3. The first-order valence-corrected chi connectivity index (χ1v) is 16.3. The molecule has 216 valence electrons.